The average molecular weight is 294 g/mol. The van der Waals surface area contributed by atoms with Crippen LogP contribution in [0.25, 0.3) is 0 Å². The van der Waals surface area contributed by atoms with Crippen molar-refractivity contribution in [3.63, 3.8) is 0 Å². The van der Waals surface area contributed by atoms with Crippen LogP contribution in [0.4, 0.5) is 0 Å². The van der Waals surface area contributed by atoms with Gasteiger partial charge in [-0.3, -0.25) is 20.2 Å². The van der Waals surface area contributed by atoms with Crippen molar-refractivity contribution in [3.8, 4) is 11.5 Å². The van der Waals surface area contributed by atoms with E-state index in [1.807, 2.05) is 0 Å². The molecule has 0 aliphatic carbocycles. The zero-order valence-electron chi connectivity index (χ0n) is 11.0. The Morgan fingerprint density at radius 3 is 1.67 bits per heavy atom. The molecule has 0 bridgehead atoms. The van der Waals surface area contributed by atoms with Gasteiger partial charge in [0.2, 0.25) is 10.9 Å². The second-order valence-corrected chi connectivity index (χ2v) is 4.22. The topological polar surface area (TPSA) is 125 Å². The van der Waals surface area contributed by atoms with Crippen LogP contribution in [0.15, 0.2) is 43.1 Å². The Bertz CT molecular complexity index is 660. The van der Waals surface area contributed by atoms with Gasteiger partial charge in [0.15, 0.2) is 11.5 Å². The molecule has 4 N–H and O–H groups in total. The third-order valence-corrected chi connectivity index (χ3v) is 2.58. The minimum atomic E-state index is -0.503. The summed E-state index contributed by atoms with van der Waals surface area (Å²) in [6.45, 7) is 0.958. The SMILES string of the molecule is O=c1cc(CNCNCc2cc(=O)c(O)co2)occ1O. The maximum Gasteiger partial charge on any atom is 0.226 e. The van der Waals surface area contributed by atoms with E-state index in [0.717, 1.165) is 12.5 Å². The summed E-state index contributed by atoms with van der Waals surface area (Å²) >= 11 is 0. The van der Waals surface area contributed by atoms with E-state index in [-0.39, 0.29) is 0 Å². The number of aromatic hydroxyl groups is 2. The van der Waals surface area contributed by atoms with Crippen molar-refractivity contribution >= 4 is 0 Å². The molecule has 21 heavy (non-hydrogen) atoms. The minimum Gasteiger partial charge on any atom is -0.502 e. The van der Waals surface area contributed by atoms with E-state index in [1.165, 1.54) is 12.1 Å². The van der Waals surface area contributed by atoms with Gasteiger partial charge in [0.25, 0.3) is 0 Å². The summed E-state index contributed by atoms with van der Waals surface area (Å²) in [5.41, 5.74) is -1.01. The fourth-order valence-electron chi connectivity index (χ4n) is 1.53. The van der Waals surface area contributed by atoms with E-state index >= 15 is 0 Å². The van der Waals surface area contributed by atoms with E-state index in [4.69, 9.17) is 19.0 Å². The van der Waals surface area contributed by atoms with Crippen molar-refractivity contribution in [2.45, 2.75) is 13.1 Å². The molecule has 0 spiro atoms. The van der Waals surface area contributed by atoms with Crippen LogP contribution in [0.5, 0.6) is 11.5 Å². The minimum absolute atomic E-state index is 0.294. The lowest BCUT2D eigenvalue weighted by Gasteiger charge is -2.06. The predicted octanol–water partition coefficient (Wildman–Crippen LogP) is -0.159. The smallest absolute Gasteiger partial charge is 0.226 e. The van der Waals surface area contributed by atoms with Crippen molar-refractivity contribution in [3.05, 3.63) is 56.6 Å². The molecule has 0 atom stereocenters. The van der Waals surface area contributed by atoms with Crippen LogP contribution in [-0.2, 0) is 13.1 Å². The normalized spacial score (nSPS) is 10.7. The average Bonchev–Trinajstić information content (AvgIpc) is 2.46. The van der Waals surface area contributed by atoms with Crippen molar-refractivity contribution < 1.29 is 19.0 Å². The van der Waals surface area contributed by atoms with Gasteiger partial charge in [-0.25, -0.2) is 0 Å². The molecule has 2 rings (SSSR count). The van der Waals surface area contributed by atoms with Gasteiger partial charge < -0.3 is 19.0 Å². The van der Waals surface area contributed by atoms with Gasteiger partial charge in [0.1, 0.15) is 24.0 Å². The lowest BCUT2D eigenvalue weighted by Crippen LogP contribution is -2.28. The van der Waals surface area contributed by atoms with Crippen LogP contribution in [0.3, 0.4) is 0 Å². The molecule has 2 aromatic rings. The molecular weight excluding hydrogens is 280 g/mol. The van der Waals surface area contributed by atoms with E-state index < -0.39 is 22.4 Å². The van der Waals surface area contributed by atoms with Gasteiger partial charge >= 0.3 is 0 Å². The first kappa shape index (κ1) is 14.8. The zero-order chi connectivity index (χ0) is 15.2. The lowest BCUT2D eigenvalue weighted by molar-refractivity contribution is 0.394. The Kier molecular flexibility index (Phi) is 4.75. The van der Waals surface area contributed by atoms with Gasteiger partial charge in [-0.05, 0) is 0 Å². The fraction of sp³-hybridized carbons (Fsp3) is 0.231. The highest BCUT2D eigenvalue weighted by Crippen LogP contribution is 2.03. The Balaban J connectivity index is 1.74. The highest BCUT2D eigenvalue weighted by Gasteiger charge is 2.02. The van der Waals surface area contributed by atoms with Crippen LogP contribution < -0.4 is 21.5 Å². The molecule has 8 nitrogen and oxygen atoms in total. The van der Waals surface area contributed by atoms with Crippen LogP contribution in [0.1, 0.15) is 11.5 Å². The monoisotopic (exact) mass is 294 g/mol. The molecular formula is C13H14N2O6. The number of rotatable bonds is 6. The summed E-state index contributed by atoms with van der Waals surface area (Å²) in [5.74, 6) is -0.0926. The molecule has 0 aromatic carbocycles. The molecule has 0 aliphatic rings. The van der Waals surface area contributed by atoms with Gasteiger partial charge in [0.05, 0.1) is 13.1 Å². The Morgan fingerprint density at radius 1 is 0.857 bits per heavy atom. The Morgan fingerprint density at radius 2 is 1.29 bits per heavy atom. The molecule has 8 heteroatoms. The van der Waals surface area contributed by atoms with Gasteiger partial charge in [-0.15, -0.1) is 0 Å². The highest BCUT2D eigenvalue weighted by atomic mass is 16.4. The fourth-order valence-corrected chi connectivity index (χ4v) is 1.53. The maximum absolute atomic E-state index is 11.2. The first-order valence-corrected chi connectivity index (χ1v) is 6.09. The summed E-state index contributed by atoms with van der Waals surface area (Å²) < 4.78 is 10.0. The van der Waals surface area contributed by atoms with Crippen molar-refractivity contribution in [1.29, 1.82) is 0 Å². The number of hydrogen-bond donors (Lipinski definition) is 4. The van der Waals surface area contributed by atoms with Crippen LogP contribution in [0.2, 0.25) is 0 Å². The third-order valence-electron chi connectivity index (χ3n) is 2.58. The van der Waals surface area contributed by atoms with Gasteiger partial charge in [-0.1, -0.05) is 0 Å². The highest BCUT2D eigenvalue weighted by molar-refractivity contribution is 5.16. The molecule has 0 saturated heterocycles. The second kappa shape index (κ2) is 6.73. The van der Waals surface area contributed by atoms with Gasteiger partial charge in [-0.2, -0.15) is 0 Å². The van der Waals surface area contributed by atoms with E-state index in [1.54, 1.807) is 0 Å². The van der Waals surface area contributed by atoms with E-state index in [0.29, 0.717) is 31.3 Å². The zero-order valence-corrected chi connectivity index (χ0v) is 11.0. The number of hydrogen-bond acceptors (Lipinski definition) is 8. The molecule has 0 aliphatic heterocycles. The van der Waals surface area contributed by atoms with Gasteiger partial charge in [0, 0.05) is 18.8 Å². The lowest BCUT2D eigenvalue weighted by atomic mass is 10.3. The molecule has 112 valence electrons. The summed E-state index contributed by atoms with van der Waals surface area (Å²) in [5, 5.41) is 24.0. The maximum atomic E-state index is 11.2. The first-order valence-electron chi connectivity index (χ1n) is 6.09. The summed E-state index contributed by atoms with van der Waals surface area (Å²) in [7, 11) is 0. The molecule has 0 amide bonds. The van der Waals surface area contributed by atoms with E-state index in [9.17, 15) is 9.59 Å². The Hall–Kier alpha value is -2.58. The Labute approximate surface area is 118 Å². The summed E-state index contributed by atoms with van der Waals surface area (Å²) in [6, 6.07) is 2.39. The summed E-state index contributed by atoms with van der Waals surface area (Å²) in [4.78, 5) is 22.3. The molecule has 2 aromatic heterocycles. The van der Waals surface area contributed by atoms with E-state index in [2.05, 4.69) is 10.6 Å². The molecule has 0 unspecified atom stereocenters. The molecule has 0 saturated carbocycles. The van der Waals surface area contributed by atoms with Crippen LogP contribution in [0, 0.1) is 0 Å². The molecule has 2 heterocycles. The van der Waals surface area contributed by atoms with Crippen LogP contribution >= 0.6 is 0 Å². The number of nitrogens with one attached hydrogen (secondary N) is 2. The molecule has 0 radical (unpaired) electrons. The third kappa shape index (κ3) is 4.20. The standard InChI is InChI=1S/C13H14N2O6/c16-10-1-8(20-5-12(10)18)3-14-7-15-4-9-2-11(17)13(19)6-21-9/h1-2,5-6,14-15,18-19H,3-4,7H2. The second-order valence-electron chi connectivity index (χ2n) is 4.22. The largest absolute Gasteiger partial charge is 0.502 e. The van der Waals surface area contributed by atoms with Crippen LogP contribution in [-0.4, -0.2) is 16.9 Å². The molecule has 0 fully saturated rings. The van der Waals surface area contributed by atoms with Crippen molar-refractivity contribution in [2.24, 2.45) is 0 Å². The summed E-state index contributed by atoms with van der Waals surface area (Å²) in [6.07, 6.45) is 1.97. The first-order chi connectivity index (χ1) is 10.1. The predicted molar refractivity (Wildman–Crippen MR) is 71.8 cm³/mol. The van der Waals surface area contributed by atoms with Crippen molar-refractivity contribution in [2.75, 3.05) is 6.67 Å². The quantitative estimate of drug-likeness (QED) is 0.428. The van der Waals surface area contributed by atoms with Crippen molar-refractivity contribution in [1.82, 2.24) is 10.6 Å².